The fourth-order valence-electron chi connectivity index (χ4n) is 2.71. The first kappa shape index (κ1) is 12.8. The molecule has 0 aromatic heterocycles. The molecule has 1 aromatic rings. The lowest BCUT2D eigenvalue weighted by molar-refractivity contribution is 0.241. The molecule has 0 spiro atoms. The number of likely N-dealkylation sites (tertiary alicyclic amines) is 1. The average Bonchev–Trinajstić information content (AvgIpc) is 2.75. The van der Waals surface area contributed by atoms with Crippen LogP contribution in [0.2, 0.25) is 5.02 Å². The maximum atomic E-state index is 13.5. The highest BCUT2D eigenvalue weighted by Crippen LogP contribution is 2.37. The Kier molecular flexibility index (Phi) is 4.02. The molecule has 2 unspecified atom stereocenters. The van der Waals surface area contributed by atoms with Crippen molar-refractivity contribution in [1.82, 2.24) is 4.90 Å². The van der Waals surface area contributed by atoms with Crippen molar-refractivity contribution in [3.8, 4) is 0 Å². The molecule has 1 heterocycles. The Morgan fingerprint density at radius 1 is 1.53 bits per heavy atom. The largest absolute Gasteiger partial charge is 0.330 e. The zero-order valence-electron chi connectivity index (χ0n) is 10.00. The van der Waals surface area contributed by atoms with E-state index >= 15 is 0 Å². The molecule has 1 aliphatic heterocycles. The van der Waals surface area contributed by atoms with Crippen molar-refractivity contribution in [3.63, 3.8) is 0 Å². The summed E-state index contributed by atoms with van der Waals surface area (Å²) in [7, 11) is 0. The first-order valence-electron chi connectivity index (χ1n) is 6.06. The third kappa shape index (κ3) is 2.46. The average molecular weight is 257 g/mol. The van der Waals surface area contributed by atoms with Crippen LogP contribution in [0.5, 0.6) is 0 Å². The van der Waals surface area contributed by atoms with Gasteiger partial charge in [-0.1, -0.05) is 24.6 Å². The summed E-state index contributed by atoms with van der Waals surface area (Å²) in [5.74, 6) is 0.0680. The predicted molar refractivity (Wildman–Crippen MR) is 68.6 cm³/mol. The summed E-state index contributed by atoms with van der Waals surface area (Å²) < 4.78 is 13.5. The first-order chi connectivity index (χ1) is 8.17. The van der Waals surface area contributed by atoms with Gasteiger partial charge in [0.2, 0.25) is 0 Å². The van der Waals surface area contributed by atoms with E-state index < -0.39 is 0 Å². The molecule has 0 saturated carbocycles. The van der Waals surface area contributed by atoms with Crippen LogP contribution in [-0.4, -0.2) is 24.5 Å². The topological polar surface area (TPSA) is 29.3 Å². The molecule has 1 saturated heterocycles. The van der Waals surface area contributed by atoms with Crippen molar-refractivity contribution >= 4 is 11.6 Å². The molecular formula is C13H18ClFN2. The standard InChI is InChI=1S/C13H18ClFN2/c1-2-17-6-5-10(8-16)13(17)9-3-4-11(14)12(15)7-9/h3-4,7,10,13H,2,5-6,8,16H2,1H3. The molecule has 0 amide bonds. The lowest BCUT2D eigenvalue weighted by atomic mass is 9.94. The fraction of sp³-hybridized carbons (Fsp3) is 0.538. The summed E-state index contributed by atoms with van der Waals surface area (Å²) in [5, 5.41) is 0.180. The summed E-state index contributed by atoms with van der Waals surface area (Å²) in [6.45, 7) is 4.77. The molecule has 4 heteroatoms. The predicted octanol–water partition coefficient (Wildman–Crippen LogP) is 2.82. The van der Waals surface area contributed by atoms with Crippen LogP contribution in [0.1, 0.15) is 24.9 Å². The van der Waals surface area contributed by atoms with E-state index in [0.29, 0.717) is 12.5 Å². The van der Waals surface area contributed by atoms with Crippen LogP contribution >= 0.6 is 11.6 Å². The van der Waals surface area contributed by atoms with Crippen molar-refractivity contribution in [1.29, 1.82) is 0 Å². The van der Waals surface area contributed by atoms with Gasteiger partial charge in [0, 0.05) is 6.04 Å². The van der Waals surface area contributed by atoms with Crippen molar-refractivity contribution in [3.05, 3.63) is 34.6 Å². The van der Waals surface area contributed by atoms with Crippen LogP contribution in [0.3, 0.4) is 0 Å². The van der Waals surface area contributed by atoms with E-state index in [4.69, 9.17) is 17.3 Å². The normalized spacial score (nSPS) is 25.4. The van der Waals surface area contributed by atoms with Gasteiger partial charge in [-0.15, -0.1) is 0 Å². The summed E-state index contributed by atoms with van der Waals surface area (Å²) >= 11 is 5.71. The Bertz CT molecular complexity index is 385. The summed E-state index contributed by atoms with van der Waals surface area (Å²) in [6, 6.07) is 5.32. The second-order valence-corrected chi connectivity index (χ2v) is 4.94. The van der Waals surface area contributed by atoms with Gasteiger partial charge in [-0.2, -0.15) is 0 Å². The van der Waals surface area contributed by atoms with E-state index in [0.717, 1.165) is 25.1 Å². The Hall–Kier alpha value is -0.640. The number of rotatable bonds is 3. The number of hydrogen-bond acceptors (Lipinski definition) is 2. The molecule has 0 aliphatic carbocycles. The van der Waals surface area contributed by atoms with Crippen LogP contribution in [0.15, 0.2) is 18.2 Å². The minimum Gasteiger partial charge on any atom is -0.330 e. The van der Waals surface area contributed by atoms with Gasteiger partial charge < -0.3 is 5.73 Å². The van der Waals surface area contributed by atoms with Gasteiger partial charge >= 0.3 is 0 Å². The molecule has 2 nitrogen and oxygen atoms in total. The molecular weight excluding hydrogens is 239 g/mol. The third-order valence-electron chi connectivity index (χ3n) is 3.62. The van der Waals surface area contributed by atoms with Crippen LogP contribution in [0.4, 0.5) is 4.39 Å². The van der Waals surface area contributed by atoms with Crippen LogP contribution < -0.4 is 5.73 Å². The van der Waals surface area contributed by atoms with E-state index in [2.05, 4.69) is 11.8 Å². The Balaban J connectivity index is 2.31. The molecule has 2 rings (SSSR count). The van der Waals surface area contributed by atoms with Gasteiger partial charge in [-0.05, 0) is 49.7 Å². The summed E-state index contributed by atoms with van der Waals surface area (Å²) in [6.07, 6.45) is 1.08. The smallest absolute Gasteiger partial charge is 0.142 e. The van der Waals surface area contributed by atoms with Crippen molar-refractivity contribution in [2.24, 2.45) is 11.7 Å². The summed E-state index contributed by atoms with van der Waals surface area (Å²) in [4.78, 5) is 2.35. The number of nitrogens with zero attached hydrogens (tertiary/aromatic N) is 1. The zero-order chi connectivity index (χ0) is 12.4. The molecule has 1 aromatic carbocycles. The lowest BCUT2D eigenvalue weighted by Crippen LogP contribution is -2.28. The van der Waals surface area contributed by atoms with Crippen molar-refractivity contribution in [2.45, 2.75) is 19.4 Å². The molecule has 1 fully saturated rings. The van der Waals surface area contributed by atoms with E-state index in [1.807, 2.05) is 6.07 Å². The molecule has 2 atom stereocenters. The Morgan fingerprint density at radius 2 is 2.29 bits per heavy atom. The maximum absolute atomic E-state index is 13.5. The highest BCUT2D eigenvalue weighted by atomic mass is 35.5. The highest BCUT2D eigenvalue weighted by Gasteiger charge is 2.33. The van der Waals surface area contributed by atoms with Gasteiger partial charge in [0.15, 0.2) is 0 Å². The quantitative estimate of drug-likeness (QED) is 0.901. The second-order valence-electron chi connectivity index (χ2n) is 4.53. The van der Waals surface area contributed by atoms with Gasteiger partial charge in [0.05, 0.1) is 5.02 Å². The van der Waals surface area contributed by atoms with E-state index in [-0.39, 0.29) is 16.9 Å². The van der Waals surface area contributed by atoms with E-state index in [1.165, 1.54) is 0 Å². The van der Waals surface area contributed by atoms with Crippen LogP contribution in [0, 0.1) is 11.7 Å². The number of hydrogen-bond donors (Lipinski definition) is 1. The molecule has 0 bridgehead atoms. The second kappa shape index (κ2) is 5.34. The van der Waals surface area contributed by atoms with Crippen molar-refractivity contribution < 1.29 is 4.39 Å². The van der Waals surface area contributed by atoms with E-state index in [1.54, 1.807) is 12.1 Å². The van der Waals surface area contributed by atoms with E-state index in [9.17, 15) is 4.39 Å². The number of nitrogens with two attached hydrogens (primary N) is 1. The van der Waals surface area contributed by atoms with Crippen LogP contribution in [-0.2, 0) is 0 Å². The molecule has 0 radical (unpaired) electrons. The van der Waals surface area contributed by atoms with Crippen molar-refractivity contribution in [2.75, 3.05) is 19.6 Å². The van der Waals surface area contributed by atoms with Gasteiger partial charge in [0.1, 0.15) is 5.82 Å². The Labute approximate surface area is 107 Å². The van der Waals surface area contributed by atoms with Gasteiger partial charge in [-0.3, -0.25) is 4.90 Å². The maximum Gasteiger partial charge on any atom is 0.142 e. The fourth-order valence-corrected chi connectivity index (χ4v) is 2.83. The molecule has 2 N–H and O–H groups in total. The molecule has 17 heavy (non-hydrogen) atoms. The summed E-state index contributed by atoms with van der Waals surface area (Å²) in [5.41, 5.74) is 6.79. The SMILES string of the molecule is CCN1CCC(CN)C1c1ccc(Cl)c(F)c1. The minimum absolute atomic E-state index is 0.180. The first-order valence-corrected chi connectivity index (χ1v) is 6.44. The highest BCUT2D eigenvalue weighted by molar-refractivity contribution is 6.30. The Morgan fingerprint density at radius 3 is 2.88 bits per heavy atom. The molecule has 1 aliphatic rings. The molecule has 94 valence electrons. The van der Waals surface area contributed by atoms with Crippen LogP contribution in [0.25, 0.3) is 0 Å². The third-order valence-corrected chi connectivity index (χ3v) is 3.93. The minimum atomic E-state index is -0.345. The number of halogens is 2. The van der Waals surface area contributed by atoms with Gasteiger partial charge in [0.25, 0.3) is 0 Å². The lowest BCUT2D eigenvalue weighted by Gasteiger charge is -2.27. The monoisotopic (exact) mass is 256 g/mol. The van der Waals surface area contributed by atoms with Gasteiger partial charge in [-0.25, -0.2) is 4.39 Å². The zero-order valence-corrected chi connectivity index (χ0v) is 10.8. The number of benzene rings is 1.